The van der Waals surface area contributed by atoms with Crippen molar-refractivity contribution in [2.45, 2.75) is 38.0 Å². The number of rotatable bonds is 2. The van der Waals surface area contributed by atoms with Crippen molar-refractivity contribution in [2.24, 2.45) is 0 Å². The first-order chi connectivity index (χ1) is 9.71. The fraction of sp³-hybridized carbons (Fsp3) is 0.600. The molecule has 2 aliphatic heterocycles. The second kappa shape index (κ2) is 5.50. The van der Waals surface area contributed by atoms with Gasteiger partial charge in [-0.05, 0) is 44.5 Å². The number of carbonyl (C=O) groups excluding carboxylic acids is 1. The average Bonchev–Trinajstić information content (AvgIpc) is 2.50. The highest BCUT2D eigenvalue weighted by molar-refractivity contribution is 5.78. The second-order valence-electron chi connectivity index (χ2n) is 5.66. The van der Waals surface area contributed by atoms with Gasteiger partial charge < -0.3 is 15.0 Å². The molecule has 2 fully saturated rings. The molecule has 0 radical (unpaired) electrons. The first-order valence-electron chi connectivity index (χ1n) is 7.24. The van der Waals surface area contributed by atoms with E-state index in [1.807, 2.05) is 23.2 Å². The number of carbonyl (C=O) groups is 1. The van der Waals surface area contributed by atoms with Crippen LogP contribution in [0.2, 0.25) is 0 Å². The molecule has 1 N–H and O–H groups in total. The van der Waals surface area contributed by atoms with Crippen molar-refractivity contribution in [1.29, 1.82) is 0 Å². The molecule has 0 unspecified atom stereocenters. The van der Waals surface area contributed by atoms with Crippen LogP contribution in [0.15, 0.2) is 24.5 Å². The number of pyridine rings is 1. The lowest BCUT2D eigenvalue weighted by Gasteiger charge is -2.50. The quantitative estimate of drug-likeness (QED) is 0.873. The normalized spacial score (nSPS) is 25.9. The number of hydrogen-bond acceptors (Lipinski definition) is 4. The van der Waals surface area contributed by atoms with Crippen LogP contribution in [0.1, 0.15) is 25.3 Å². The Morgan fingerprint density at radius 2 is 2.30 bits per heavy atom. The number of piperidine rings is 1. The summed E-state index contributed by atoms with van der Waals surface area (Å²) in [6.45, 7) is 4.84. The molecule has 2 saturated heterocycles. The van der Waals surface area contributed by atoms with E-state index in [-0.39, 0.29) is 24.2 Å². The molecule has 3 rings (SSSR count). The highest BCUT2D eigenvalue weighted by Crippen LogP contribution is 2.34. The van der Waals surface area contributed by atoms with Crippen molar-refractivity contribution in [3.63, 3.8) is 0 Å². The number of nitrogens with zero attached hydrogens (tertiary/aromatic N) is 2. The summed E-state index contributed by atoms with van der Waals surface area (Å²) in [4.78, 5) is 18.3. The summed E-state index contributed by atoms with van der Waals surface area (Å²) in [7, 11) is 0. The number of ether oxygens (including phenoxy) is 1. The summed E-state index contributed by atoms with van der Waals surface area (Å²) in [5.74, 6) is 0.0745. The van der Waals surface area contributed by atoms with E-state index in [4.69, 9.17) is 4.74 Å². The predicted octanol–water partition coefficient (Wildman–Crippen LogP) is 0.951. The summed E-state index contributed by atoms with van der Waals surface area (Å²) in [6.07, 6.45) is 5.50. The topological polar surface area (TPSA) is 54.5 Å². The highest BCUT2D eigenvalue weighted by Gasteiger charge is 2.46. The van der Waals surface area contributed by atoms with Crippen LogP contribution in [0.5, 0.6) is 0 Å². The molecule has 1 atom stereocenters. The third-order valence-electron chi connectivity index (χ3n) is 4.56. The zero-order valence-corrected chi connectivity index (χ0v) is 11.8. The lowest BCUT2D eigenvalue weighted by atomic mass is 9.83. The molecule has 0 aliphatic carbocycles. The van der Waals surface area contributed by atoms with Gasteiger partial charge in [-0.1, -0.05) is 6.07 Å². The summed E-state index contributed by atoms with van der Waals surface area (Å²) >= 11 is 0. The molecule has 1 aromatic heterocycles. The van der Waals surface area contributed by atoms with Crippen LogP contribution >= 0.6 is 0 Å². The van der Waals surface area contributed by atoms with Gasteiger partial charge in [0.1, 0.15) is 6.61 Å². The number of amides is 1. The van der Waals surface area contributed by atoms with E-state index in [0.717, 1.165) is 31.5 Å². The largest absolute Gasteiger partial charge is 0.363 e. The number of hydrogen-bond donors (Lipinski definition) is 1. The van der Waals surface area contributed by atoms with Gasteiger partial charge in [0.2, 0.25) is 5.91 Å². The van der Waals surface area contributed by atoms with E-state index < -0.39 is 0 Å². The zero-order valence-electron chi connectivity index (χ0n) is 11.8. The van der Waals surface area contributed by atoms with Gasteiger partial charge in [-0.15, -0.1) is 0 Å². The standard InChI is InChI=1S/C15H21N3O2/c1-12-15(4-7-16-8-5-15)20-11-14(19)18(12)10-13-3-2-6-17-9-13/h2-3,6,9,12,16H,4-5,7-8,10-11H2,1H3/t12-/m1/s1. The Morgan fingerprint density at radius 1 is 1.50 bits per heavy atom. The maximum absolute atomic E-state index is 12.2. The fourth-order valence-electron chi connectivity index (χ4n) is 3.23. The van der Waals surface area contributed by atoms with Crippen LogP contribution in [-0.4, -0.2) is 47.1 Å². The fourth-order valence-corrected chi connectivity index (χ4v) is 3.23. The molecular weight excluding hydrogens is 254 g/mol. The van der Waals surface area contributed by atoms with E-state index in [1.54, 1.807) is 6.20 Å². The molecule has 0 saturated carbocycles. The number of morpholine rings is 1. The Kier molecular flexibility index (Phi) is 3.72. The Balaban J connectivity index is 1.79. The molecule has 5 heteroatoms. The lowest BCUT2D eigenvalue weighted by molar-refractivity contribution is -0.183. The average molecular weight is 275 g/mol. The monoisotopic (exact) mass is 275 g/mol. The van der Waals surface area contributed by atoms with Gasteiger partial charge in [0.15, 0.2) is 0 Å². The molecule has 1 aromatic rings. The highest BCUT2D eigenvalue weighted by atomic mass is 16.5. The summed E-state index contributed by atoms with van der Waals surface area (Å²) < 4.78 is 5.95. The first kappa shape index (κ1) is 13.5. The number of aromatic nitrogens is 1. The van der Waals surface area contributed by atoms with Gasteiger partial charge in [-0.2, -0.15) is 0 Å². The molecule has 20 heavy (non-hydrogen) atoms. The van der Waals surface area contributed by atoms with Gasteiger partial charge in [-0.25, -0.2) is 0 Å². The van der Waals surface area contributed by atoms with Crippen molar-refractivity contribution >= 4 is 5.91 Å². The van der Waals surface area contributed by atoms with Crippen molar-refractivity contribution in [3.8, 4) is 0 Å². The minimum atomic E-state index is -0.179. The van der Waals surface area contributed by atoms with Gasteiger partial charge in [-0.3, -0.25) is 9.78 Å². The molecule has 1 amide bonds. The minimum Gasteiger partial charge on any atom is -0.363 e. The maximum atomic E-state index is 12.2. The first-order valence-corrected chi connectivity index (χ1v) is 7.24. The Labute approximate surface area is 119 Å². The third-order valence-corrected chi connectivity index (χ3v) is 4.56. The maximum Gasteiger partial charge on any atom is 0.249 e. The van der Waals surface area contributed by atoms with E-state index in [2.05, 4.69) is 17.2 Å². The molecule has 5 nitrogen and oxygen atoms in total. The Hall–Kier alpha value is -1.46. The van der Waals surface area contributed by atoms with Crippen LogP contribution in [0, 0.1) is 0 Å². The molecule has 1 spiro atoms. The van der Waals surface area contributed by atoms with Gasteiger partial charge in [0.25, 0.3) is 0 Å². The van der Waals surface area contributed by atoms with E-state index in [9.17, 15) is 4.79 Å². The van der Waals surface area contributed by atoms with Gasteiger partial charge in [0, 0.05) is 18.9 Å². The van der Waals surface area contributed by atoms with Crippen LogP contribution in [0.25, 0.3) is 0 Å². The smallest absolute Gasteiger partial charge is 0.249 e. The van der Waals surface area contributed by atoms with Crippen molar-refractivity contribution in [3.05, 3.63) is 30.1 Å². The van der Waals surface area contributed by atoms with Crippen LogP contribution in [0.4, 0.5) is 0 Å². The van der Waals surface area contributed by atoms with E-state index in [1.165, 1.54) is 0 Å². The molecular formula is C15H21N3O2. The lowest BCUT2D eigenvalue weighted by Crippen LogP contribution is -2.63. The molecule has 0 bridgehead atoms. The minimum absolute atomic E-state index is 0.0745. The van der Waals surface area contributed by atoms with Gasteiger partial charge >= 0.3 is 0 Å². The zero-order chi connectivity index (χ0) is 14.0. The SMILES string of the molecule is C[C@H]1N(Cc2cccnc2)C(=O)COC12CCNCC2. The van der Waals surface area contributed by atoms with Crippen LogP contribution in [-0.2, 0) is 16.1 Å². The molecule has 2 aliphatic rings. The second-order valence-corrected chi connectivity index (χ2v) is 5.66. The molecule has 3 heterocycles. The molecule has 0 aromatic carbocycles. The Bertz CT molecular complexity index is 471. The van der Waals surface area contributed by atoms with Crippen molar-refractivity contribution in [1.82, 2.24) is 15.2 Å². The van der Waals surface area contributed by atoms with Crippen LogP contribution < -0.4 is 5.32 Å². The third kappa shape index (κ3) is 2.43. The molecule has 108 valence electrons. The summed E-state index contributed by atoms with van der Waals surface area (Å²) in [6, 6.07) is 4.02. The van der Waals surface area contributed by atoms with E-state index >= 15 is 0 Å². The van der Waals surface area contributed by atoms with E-state index in [0.29, 0.717) is 6.54 Å². The predicted molar refractivity (Wildman–Crippen MR) is 75.0 cm³/mol. The van der Waals surface area contributed by atoms with Crippen LogP contribution in [0.3, 0.4) is 0 Å². The van der Waals surface area contributed by atoms with Crippen molar-refractivity contribution in [2.75, 3.05) is 19.7 Å². The number of nitrogens with one attached hydrogen (secondary N) is 1. The summed E-state index contributed by atoms with van der Waals surface area (Å²) in [5, 5.41) is 3.36. The summed E-state index contributed by atoms with van der Waals surface area (Å²) in [5.41, 5.74) is 0.889. The van der Waals surface area contributed by atoms with Gasteiger partial charge in [0.05, 0.1) is 11.6 Å². The van der Waals surface area contributed by atoms with Crippen molar-refractivity contribution < 1.29 is 9.53 Å². The Morgan fingerprint density at radius 3 is 3.00 bits per heavy atom.